The Labute approximate surface area is 111 Å². The molecule has 0 unspecified atom stereocenters. The third-order valence-corrected chi connectivity index (χ3v) is 2.30. The van der Waals surface area contributed by atoms with Gasteiger partial charge in [-0.15, -0.1) is 0 Å². The second kappa shape index (κ2) is 5.18. The van der Waals surface area contributed by atoms with Crippen molar-refractivity contribution in [1.82, 2.24) is 4.98 Å². The number of anilines is 1. The van der Waals surface area contributed by atoms with Gasteiger partial charge in [0.2, 0.25) is 0 Å². The summed E-state index contributed by atoms with van der Waals surface area (Å²) in [5, 5.41) is 21.5. The van der Waals surface area contributed by atoms with Crippen molar-refractivity contribution in [2.45, 2.75) is 0 Å². The summed E-state index contributed by atoms with van der Waals surface area (Å²) in [5.41, 5.74) is 4.85. The first-order valence-electron chi connectivity index (χ1n) is 5.30. The lowest BCUT2D eigenvalue weighted by Crippen LogP contribution is -1.99. The molecule has 0 spiro atoms. The number of nitro groups is 2. The van der Waals surface area contributed by atoms with Gasteiger partial charge in [0.1, 0.15) is 11.6 Å². The molecule has 0 aliphatic carbocycles. The lowest BCUT2D eigenvalue weighted by Gasteiger charge is -2.05. The van der Waals surface area contributed by atoms with E-state index in [0.29, 0.717) is 0 Å². The number of benzene rings is 1. The Morgan fingerprint density at radius 3 is 2.50 bits per heavy atom. The van der Waals surface area contributed by atoms with Gasteiger partial charge in [-0.2, -0.15) is 4.98 Å². The topological polar surface area (TPSA) is 134 Å². The number of nitrogens with zero attached hydrogens (tertiary/aromatic N) is 3. The van der Waals surface area contributed by atoms with Gasteiger partial charge in [-0.1, -0.05) is 6.07 Å². The van der Waals surface area contributed by atoms with Crippen LogP contribution < -0.4 is 10.5 Å². The summed E-state index contributed by atoms with van der Waals surface area (Å²) in [6, 6.07) is 7.63. The molecule has 9 heteroatoms. The second-order valence-corrected chi connectivity index (χ2v) is 3.67. The molecule has 1 heterocycles. The molecule has 0 atom stereocenters. The lowest BCUT2D eigenvalue weighted by atomic mass is 10.3. The maximum absolute atomic E-state index is 10.8. The SMILES string of the molecule is Nc1ccc([N+](=O)[O-])c(Oc2cccc([N+](=O)[O-])c2)n1. The van der Waals surface area contributed by atoms with Crippen molar-refractivity contribution in [2.75, 3.05) is 5.73 Å². The molecule has 0 saturated heterocycles. The molecule has 2 rings (SSSR count). The Balaban J connectivity index is 2.39. The van der Waals surface area contributed by atoms with E-state index in [1.165, 1.54) is 24.3 Å². The highest BCUT2D eigenvalue weighted by Gasteiger charge is 2.18. The molecule has 0 bridgehead atoms. The van der Waals surface area contributed by atoms with Crippen molar-refractivity contribution in [3.8, 4) is 11.6 Å². The highest BCUT2D eigenvalue weighted by molar-refractivity contribution is 5.49. The lowest BCUT2D eigenvalue weighted by molar-refractivity contribution is -0.386. The van der Waals surface area contributed by atoms with Crippen LogP contribution in [0.1, 0.15) is 0 Å². The molecule has 0 amide bonds. The Morgan fingerprint density at radius 2 is 1.85 bits per heavy atom. The van der Waals surface area contributed by atoms with Crippen LogP contribution in [0.15, 0.2) is 36.4 Å². The zero-order valence-electron chi connectivity index (χ0n) is 9.92. The molecule has 2 aromatic rings. The van der Waals surface area contributed by atoms with Crippen LogP contribution in [-0.2, 0) is 0 Å². The first kappa shape index (κ1) is 13.2. The molecule has 2 N–H and O–H groups in total. The van der Waals surface area contributed by atoms with Gasteiger partial charge in [0.05, 0.1) is 15.9 Å². The third kappa shape index (κ3) is 2.77. The van der Waals surface area contributed by atoms with Crippen LogP contribution in [-0.4, -0.2) is 14.8 Å². The number of ether oxygens (including phenoxy) is 1. The fourth-order valence-corrected chi connectivity index (χ4v) is 1.43. The Morgan fingerprint density at radius 1 is 1.10 bits per heavy atom. The number of hydrogen-bond acceptors (Lipinski definition) is 7. The normalized spacial score (nSPS) is 10.0. The number of nitrogens with two attached hydrogens (primary N) is 1. The van der Waals surface area contributed by atoms with Gasteiger partial charge in [0.15, 0.2) is 0 Å². The zero-order valence-corrected chi connectivity index (χ0v) is 9.92. The quantitative estimate of drug-likeness (QED) is 0.668. The van der Waals surface area contributed by atoms with E-state index in [1.807, 2.05) is 0 Å². The Kier molecular flexibility index (Phi) is 3.42. The Hall–Kier alpha value is -3.23. The predicted molar refractivity (Wildman–Crippen MR) is 68.5 cm³/mol. The highest BCUT2D eigenvalue weighted by atomic mass is 16.6. The molecule has 9 nitrogen and oxygen atoms in total. The van der Waals surface area contributed by atoms with E-state index in [9.17, 15) is 20.2 Å². The van der Waals surface area contributed by atoms with Gasteiger partial charge in [-0.25, -0.2) is 0 Å². The molecular weight excluding hydrogens is 268 g/mol. The van der Waals surface area contributed by atoms with E-state index >= 15 is 0 Å². The van der Waals surface area contributed by atoms with Crippen LogP contribution >= 0.6 is 0 Å². The Bertz CT molecular complexity index is 688. The van der Waals surface area contributed by atoms with Gasteiger partial charge in [-0.3, -0.25) is 20.2 Å². The first-order valence-corrected chi connectivity index (χ1v) is 5.30. The number of non-ortho nitro benzene ring substituents is 1. The van der Waals surface area contributed by atoms with Crippen molar-refractivity contribution in [2.24, 2.45) is 0 Å². The molecule has 20 heavy (non-hydrogen) atoms. The number of nitrogen functional groups attached to an aromatic ring is 1. The fourth-order valence-electron chi connectivity index (χ4n) is 1.43. The smallest absolute Gasteiger partial charge is 0.331 e. The van der Waals surface area contributed by atoms with Crippen LogP contribution in [0.4, 0.5) is 17.2 Å². The van der Waals surface area contributed by atoms with Crippen LogP contribution in [0.2, 0.25) is 0 Å². The maximum atomic E-state index is 10.8. The van der Waals surface area contributed by atoms with E-state index in [0.717, 1.165) is 12.1 Å². The summed E-state index contributed by atoms with van der Waals surface area (Å²) in [7, 11) is 0. The minimum atomic E-state index is -0.681. The van der Waals surface area contributed by atoms with Crippen molar-refractivity contribution in [3.05, 3.63) is 56.6 Å². The largest absolute Gasteiger partial charge is 0.433 e. The summed E-state index contributed by atoms with van der Waals surface area (Å²) >= 11 is 0. The predicted octanol–water partition coefficient (Wildman–Crippen LogP) is 2.27. The van der Waals surface area contributed by atoms with Crippen molar-refractivity contribution >= 4 is 17.2 Å². The molecule has 1 aromatic carbocycles. The third-order valence-electron chi connectivity index (χ3n) is 2.30. The average Bonchev–Trinajstić information content (AvgIpc) is 2.38. The monoisotopic (exact) mass is 276 g/mol. The van der Waals surface area contributed by atoms with Crippen molar-refractivity contribution < 1.29 is 14.6 Å². The molecule has 0 radical (unpaired) electrons. The minimum absolute atomic E-state index is 0.0380. The van der Waals surface area contributed by atoms with Gasteiger partial charge in [-0.05, 0) is 12.1 Å². The van der Waals surface area contributed by atoms with Crippen LogP contribution in [0.25, 0.3) is 0 Å². The second-order valence-electron chi connectivity index (χ2n) is 3.67. The summed E-state index contributed by atoms with van der Waals surface area (Å²) in [6.07, 6.45) is 0. The van der Waals surface area contributed by atoms with Gasteiger partial charge in [0, 0.05) is 12.1 Å². The fraction of sp³-hybridized carbons (Fsp3) is 0. The number of nitro benzene ring substituents is 1. The average molecular weight is 276 g/mol. The molecule has 102 valence electrons. The molecule has 0 aliphatic heterocycles. The molecular formula is C11H8N4O5. The van der Waals surface area contributed by atoms with Gasteiger partial charge < -0.3 is 10.5 Å². The number of rotatable bonds is 4. The van der Waals surface area contributed by atoms with Gasteiger partial charge in [0.25, 0.3) is 5.69 Å². The molecule has 0 saturated carbocycles. The minimum Gasteiger partial charge on any atom is -0.433 e. The van der Waals surface area contributed by atoms with Gasteiger partial charge >= 0.3 is 11.6 Å². The van der Waals surface area contributed by atoms with E-state index in [2.05, 4.69) is 4.98 Å². The standard InChI is InChI=1S/C11H8N4O5/c12-10-5-4-9(15(18)19)11(13-10)20-8-3-1-2-7(6-8)14(16)17/h1-6H,(H2,12,13). The maximum Gasteiger partial charge on any atom is 0.331 e. The van der Waals surface area contributed by atoms with Crippen LogP contribution in [0.3, 0.4) is 0 Å². The van der Waals surface area contributed by atoms with E-state index in [1.54, 1.807) is 0 Å². The zero-order chi connectivity index (χ0) is 14.7. The number of aromatic nitrogens is 1. The molecule has 1 aromatic heterocycles. The van der Waals surface area contributed by atoms with E-state index in [-0.39, 0.29) is 28.8 Å². The van der Waals surface area contributed by atoms with E-state index < -0.39 is 9.85 Å². The van der Waals surface area contributed by atoms with Crippen molar-refractivity contribution in [3.63, 3.8) is 0 Å². The summed E-state index contributed by atoms with van der Waals surface area (Å²) < 4.78 is 5.21. The molecule has 0 aliphatic rings. The van der Waals surface area contributed by atoms with Crippen LogP contribution in [0, 0.1) is 20.2 Å². The van der Waals surface area contributed by atoms with E-state index in [4.69, 9.17) is 10.5 Å². The van der Waals surface area contributed by atoms with Crippen LogP contribution in [0.5, 0.6) is 11.6 Å². The summed E-state index contributed by atoms with van der Waals surface area (Å²) in [4.78, 5) is 23.9. The number of pyridine rings is 1. The highest BCUT2D eigenvalue weighted by Crippen LogP contribution is 2.31. The summed E-state index contributed by atoms with van der Waals surface area (Å²) in [5.74, 6) is -0.230. The number of hydrogen-bond donors (Lipinski definition) is 1. The summed E-state index contributed by atoms with van der Waals surface area (Å²) in [6.45, 7) is 0. The first-order chi connectivity index (χ1) is 9.47. The van der Waals surface area contributed by atoms with Crippen molar-refractivity contribution in [1.29, 1.82) is 0 Å². The molecule has 0 fully saturated rings.